The van der Waals surface area contributed by atoms with Crippen molar-refractivity contribution in [3.05, 3.63) is 71.0 Å². The van der Waals surface area contributed by atoms with Crippen molar-refractivity contribution < 1.29 is 9.18 Å². The average Bonchev–Trinajstić information content (AvgIpc) is 2.59. The van der Waals surface area contributed by atoms with Crippen LogP contribution in [0.3, 0.4) is 0 Å². The summed E-state index contributed by atoms with van der Waals surface area (Å²) in [7, 11) is 0. The fourth-order valence-corrected chi connectivity index (χ4v) is 2.45. The lowest BCUT2D eigenvalue weighted by atomic mass is 10.1. The molecule has 0 saturated carbocycles. The monoisotopic (exact) mass is 314 g/mol. The highest BCUT2D eigenvalue weighted by Crippen LogP contribution is 2.12. The molecule has 0 fully saturated rings. The quantitative estimate of drug-likeness (QED) is 0.847. The minimum atomic E-state index is -0.342. The first kappa shape index (κ1) is 17.2. The van der Waals surface area contributed by atoms with Crippen molar-refractivity contribution in [2.24, 2.45) is 0 Å². The lowest BCUT2D eigenvalue weighted by Gasteiger charge is -2.20. The molecular formula is C19H23FN2O. The molecule has 0 radical (unpaired) electrons. The molecule has 0 spiro atoms. The third-order valence-corrected chi connectivity index (χ3v) is 3.95. The zero-order chi connectivity index (χ0) is 16.7. The predicted molar refractivity (Wildman–Crippen MR) is 90.6 cm³/mol. The molecule has 0 aliphatic rings. The van der Waals surface area contributed by atoms with Crippen LogP contribution in [0.5, 0.6) is 0 Å². The molecule has 0 aliphatic heterocycles. The number of nitrogens with one attached hydrogen (secondary N) is 1. The van der Waals surface area contributed by atoms with Crippen LogP contribution < -0.4 is 5.32 Å². The van der Waals surface area contributed by atoms with Gasteiger partial charge in [-0.1, -0.05) is 38.1 Å². The van der Waals surface area contributed by atoms with Crippen LogP contribution in [0.4, 0.5) is 4.39 Å². The van der Waals surface area contributed by atoms with Gasteiger partial charge >= 0.3 is 0 Å². The van der Waals surface area contributed by atoms with Crippen LogP contribution in [0.15, 0.2) is 48.5 Å². The lowest BCUT2D eigenvalue weighted by molar-refractivity contribution is 0.0950. The molecule has 1 amide bonds. The summed E-state index contributed by atoms with van der Waals surface area (Å²) < 4.78 is 12.9. The summed E-state index contributed by atoms with van der Waals surface area (Å²) in [4.78, 5) is 14.5. The first-order valence-electron chi connectivity index (χ1n) is 7.97. The van der Waals surface area contributed by atoms with Gasteiger partial charge in [0.1, 0.15) is 5.82 Å². The Hall–Kier alpha value is -2.20. The van der Waals surface area contributed by atoms with Crippen LogP contribution in [0.2, 0.25) is 0 Å². The highest BCUT2D eigenvalue weighted by molar-refractivity contribution is 5.94. The highest BCUT2D eigenvalue weighted by Gasteiger charge is 2.09. The van der Waals surface area contributed by atoms with Crippen molar-refractivity contribution in [2.45, 2.75) is 26.9 Å². The van der Waals surface area contributed by atoms with Gasteiger partial charge in [-0.25, -0.2) is 4.39 Å². The van der Waals surface area contributed by atoms with Crippen molar-refractivity contribution >= 4 is 5.91 Å². The predicted octanol–water partition coefficient (Wildman–Crippen LogP) is 3.60. The number of rotatable bonds is 7. The Labute approximate surface area is 137 Å². The van der Waals surface area contributed by atoms with E-state index in [1.807, 2.05) is 18.2 Å². The molecule has 0 atom stereocenters. The van der Waals surface area contributed by atoms with E-state index in [1.165, 1.54) is 29.8 Å². The maximum atomic E-state index is 12.9. The summed E-state index contributed by atoms with van der Waals surface area (Å²) in [5.41, 5.74) is 2.79. The number of halogens is 1. The standard InChI is InChI=1S/C19H23FN2O/c1-3-22(4-2)14-17-8-6-5-7-16(17)13-21-19(23)15-9-11-18(20)12-10-15/h5-12H,3-4,13-14H2,1-2H3,(H,21,23). The second-order valence-corrected chi connectivity index (χ2v) is 5.42. The first-order valence-corrected chi connectivity index (χ1v) is 7.97. The number of benzene rings is 2. The van der Waals surface area contributed by atoms with Gasteiger partial charge in [-0.15, -0.1) is 0 Å². The Morgan fingerprint density at radius 3 is 2.22 bits per heavy atom. The Morgan fingerprint density at radius 2 is 1.61 bits per heavy atom. The van der Waals surface area contributed by atoms with Crippen molar-refractivity contribution in [3.63, 3.8) is 0 Å². The van der Waals surface area contributed by atoms with E-state index in [-0.39, 0.29) is 11.7 Å². The second kappa shape index (κ2) is 8.44. The fraction of sp³-hybridized carbons (Fsp3) is 0.316. The Morgan fingerprint density at radius 1 is 1.00 bits per heavy atom. The molecule has 2 aromatic rings. The second-order valence-electron chi connectivity index (χ2n) is 5.42. The van der Waals surface area contributed by atoms with Crippen LogP contribution in [0.1, 0.15) is 35.3 Å². The van der Waals surface area contributed by atoms with Crippen LogP contribution in [0.25, 0.3) is 0 Å². The molecule has 23 heavy (non-hydrogen) atoms. The molecule has 3 nitrogen and oxygen atoms in total. The molecule has 0 unspecified atom stereocenters. The van der Waals surface area contributed by atoms with Gasteiger partial charge in [0.25, 0.3) is 5.91 Å². The smallest absolute Gasteiger partial charge is 0.251 e. The third-order valence-electron chi connectivity index (χ3n) is 3.95. The van der Waals surface area contributed by atoms with Gasteiger partial charge in [-0.2, -0.15) is 0 Å². The van der Waals surface area contributed by atoms with Crippen molar-refractivity contribution in [1.82, 2.24) is 10.2 Å². The summed E-state index contributed by atoms with van der Waals surface area (Å²) in [5.74, 6) is -0.534. The van der Waals surface area contributed by atoms with Crippen molar-refractivity contribution in [2.75, 3.05) is 13.1 Å². The number of carbonyl (C=O) groups is 1. The molecule has 0 saturated heterocycles. The number of carbonyl (C=O) groups excluding carboxylic acids is 1. The van der Waals surface area contributed by atoms with E-state index >= 15 is 0 Å². The molecule has 2 rings (SSSR count). The third kappa shape index (κ3) is 4.89. The molecule has 1 N–H and O–H groups in total. The summed E-state index contributed by atoms with van der Waals surface area (Å²) in [5, 5.41) is 2.90. The van der Waals surface area contributed by atoms with E-state index in [1.54, 1.807) is 0 Å². The fourth-order valence-electron chi connectivity index (χ4n) is 2.45. The zero-order valence-corrected chi connectivity index (χ0v) is 13.7. The molecular weight excluding hydrogens is 291 g/mol. The molecule has 2 aromatic carbocycles. The molecule has 0 heterocycles. The van der Waals surface area contributed by atoms with Gasteiger partial charge in [-0.05, 0) is 48.5 Å². The van der Waals surface area contributed by atoms with Crippen molar-refractivity contribution in [1.29, 1.82) is 0 Å². The number of nitrogens with zero attached hydrogens (tertiary/aromatic N) is 1. The van der Waals surface area contributed by atoms with Gasteiger partial charge < -0.3 is 5.32 Å². The van der Waals surface area contributed by atoms with Gasteiger partial charge in [0, 0.05) is 18.7 Å². The van der Waals surface area contributed by atoms with Gasteiger partial charge in [0.2, 0.25) is 0 Å². The van der Waals surface area contributed by atoms with Gasteiger partial charge in [0.15, 0.2) is 0 Å². The number of amides is 1. The lowest BCUT2D eigenvalue weighted by Crippen LogP contribution is -2.26. The average molecular weight is 314 g/mol. The molecule has 0 aliphatic carbocycles. The van der Waals surface area contributed by atoms with E-state index in [2.05, 4.69) is 30.1 Å². The molecule has 122 valence electrons. The van der Waals surface area contributed by atoms with Gasteiger partial charge in [-0.3, -0.25) is 9.69 Å². The molecule has 0 aromatic heterocycles. The summed E-state index contributed by atoms with van der Waals surface area (Å²) >= 11 is 0. The summed E-state index contributed by atoms with van der Waals surface area (Å²) in [6.07, 6.45) is 0. The van der Waals surface area contributed by atoms with Crippen LogP contribution in [-0.2, 0) is 13.1 Å². The van der Waals surface area contributed by atoms with E-state index in [0.717, 1.165) is 25.2 Å². The van der Waals surface area contributed by atoms with Crippen molar-refractivity contribution in [3.8, 4) is 0 Å². The van der Waals surface area contributed by atoms with E-state index in [0.29, 0.717) is 12.1 Å². The van der Waals surface area contributed by atoms with E-state index in [4.69, 9.17) is 0 Å². The first-order chi connectivity index (χ1) is 11.1. The molecule has 4 heteroatoms. The Kier molecular flexibility index (Phi) is 6.29. The van der Waals surface area contributed by atoms with Crippen LogP contribution in [0, 0.1) is 5.82 Å². The maximum absolute atomic E-state index is 12.9. The maximum Gasteiger partial charge on any atom is 0.251 e. The Bertz CT molecular complexity index is 636. The topological polar surface area (TPSA) is 32.3 Å². The SMILES string of the molecule is CCN(CC)Cc1ccccc1CNC(=O)c1ccc(F)cc1. The number of hydrogen-bond donors (Lipinski definition) is 1. The summed E-state index contributed by atoms with van der Waals surface area (Å²) in [6.45, 7) is 7.60. The zero-order valence-electron chi connectivity index (χ0n) is 13.7. The minimum Gasteiger partial charge on any atom is -0.348 e. The van der Waals surface area contributed by atoms with Crippen LogP contribution >= 0.6 is 0 Å². The Balaban J connectivity index is 2.02. The van der Waals surface area contributed by atoms with Crippen LogP contribution in [-0.4, -0.2) is 23.9 Å². The normalized spacial score (nSPS) is 10.8. The van der Waals surface area contributed by atoms with E-state index < -0.39 is 0 Å². The minimum absolute atomic E-state index is 0.192. The van der Waals surface area contributed by atoms with E-state index in [9.17, 15) is 9.18 Å². The summed E-state index contributed by atoms with van der Waals surface area (Å²) in [6, 6.07) is 13.7. The van der Waals surface area contributed by atoms with Gasteiger partial charge in [0.05, 0.1) is 0 Å². The number of hydrogen-bond acceptors (Lipinski definition) is 2. The highest BCUT2D eigenvalue weighted by atomic mass is 19.1. The largest absolute Gasteiger partial charge is 0.348 e. The molecule has 0 bridgehead atoms.